The second-order valence-electron chi connectivity index (χ2n) is 20.2. The molecule has 6 heteroatoms. The highest BCUT2D eigenvalue weighted by Gasteiger charge is 2.45. The summed E-state index contributed by atoms with van der Waals surface area (Å²) in [5, 5.41) is 16.4. The number of fused-ring (bicyclic) bond motifs is 12. The standard InChI is InChI=1S/C66H44N4O2/c1-65(2)53-18-10-17-52-55(70(42-29-25-40(68-5)26-30-42)57-20-12-16-51-46-14-7-9-22-59(46)72-64(51)57)36-35-47(60(52)53)49-34-33-48-44-32-31-43(37-54(44)66(3,4)61(48)62(49)65)69(41-27-23-39(38-67)24-28-41)56-19-11-15-50-45-13-6-8-21-58(45)71-63(50)56/h6-37H,1-4H3. The number of nitrogens with zero attached hydrogens (tertiary/aromatic N) is 4. The number of furan rings is 2. The van der Waals surface area contributed by atoms with Gasteiger partial charge in [0.25, 0.3) is 0 Å². The highest BCUT2D eigenvalue weighted by molar-refractivity contribution is 6.15. The number of hydrogen-bond donors (Lipinski definition) is 0. The zero-order valence-corrected chi connectivity index (χ0v) is 40.1. The maximum Gasteiger partial charge on any atom is 0.187 e. The van der Waals surface area contributed by atoms with Gasteiger partial charge in [-0.3, -0.25) is 0 Å². The molecule has 0 radical (unpaired) electrons. The van der Waals surface area contributed by atoms with Gasteiger partial charge in [-0.15, -0.1) is 0 Å². The van der Waals surface area contributed by atoms with Crippen molar-refractivity contribution < 1.29 is 8.83 Å². The van der Waals surface area contributed by atoms with E-state index in [4.69, 9.17) is 15.4 Å². The molecule has 0 unspecified atom stereocenters. The minimum atomic E-state index is -0.389. The minimum absolute atomic E-state index is 0.379. The molecule has 0 atom stereocenters. The molecule has 0 saturated carbocycles. The van der Waals surface area contributed by atoms with Crippen LogP contribution in [0.15, 0.2) is 203 Å². The topological polar surface area (TPSA) is 60.9 Å². The molecule has 72 heavy (non-hydrogen) atoms. The SMILES string of the molecule is [C-]#[N+]c1ccc(N(c2ccc3c4c(cccc24)C(C)(C)c2c-3ccc3c2C(C)(C)c2cc(N(c4ccc(C#N)cc4)c4cccc5c4oc4ccccc45)ccc2-3)c2cccc3c2oc2ccccc23)cc1. The van der Waals surface area contributed by atoms with Gasteiger partial charge in [0.1, 0.15) is 11.2 Å². The Morgan fingerprint density at radius 1 is 0.444 bits per heavy atom. The maximum absolute atomic E-state index is 9.79. The quantitative estimate of drug-likeness (QED) is 0.156. The molecule has 0 N–H and O–H groups in total. The summed E-state index contributed by atoms with van der Waals surface area (Å²) in [6, 6.07) is 70.2. The lowest BCUT2D eigenvalue weighted by Crippen LogP contribution is -2.29. The Labute approximate surface area is 416 Å². The molecule has 0 aliphatic heterocycles. The number of para-hydroxylation sites is 4. The fourth-order valence-electron chi connectivity index (χ4n) is 12.4. The molecule has 0 spiro atoms. The van der Waals surface area contributed by atoms with E-state index >= 15 is 0 Å². The van der Waals surface area contributed by atoms with Crippen molar-refractivity contribution in [1.29, 1.82) is 5.26 Å². The monoisotopic (exact) mass is 924 g/mol. The largest absolute Gasteiger partial charge is 0.454 e. The molecule has 0 saturated heterocycles. The molecule has 0 fully saturated rings. The van der Waals surface area contributed by atoms with E-state index < -0.39 is 0 Å². The third-order valence-corrected chi connectivity index (χ3v) is 15.6. The van der Waals surface area contributed by atoms with Crippen LogP contribution in [0.4, 0.5) is 39.8 Å². The Hall–Kier alpha value is -9.36. The number of nitriles is 1. The molecule has 2 aromatic heterocycles. The average molecular weight is 925 g/mol. The molecule has 14 rings (SSSR count). The van der Waals surface area contributed by atoms with Crippen molar-refractivity contribution in [3.8, 4) is 28.3 Å². The molecule has 10 aromatic carbocycles. The molecule has 12 aromatic rings. The summed E-state index contributed by atoms with van der Waals surface area (Å²) in [5.41, 5.74) is 19.7. The van der Waals surface area contributed by atoms with Gasteiger partial charge in [0, 0.05) is 54.8 Å². The fraction of sp³-hybridized carbons (Fsp3) is 0.0909. The van der Waals surface area contributed by atoms with Crippen molar-refractivity contribution >= 4 is 94.5 Å². The third-order valence-electron chi connectivity index (χ3n) is 15.6. The van der Waals surface area contributed by atoms with Crippen molar-refractivity contribution in [2.75, 3.05) is 9.80 Å². The van der Waals surface area contributed by atoms with Crippen LogP contribution in [0, 0.1) is 17.9 Å². The van der Waals surface area contributed by atoms with Crippen LogP contribution in [-0.2, 0) is 10.8 Å². The highest BCUT2D eigenvalue weighted by atomic mass is 16.3. The van der Waals surface area contributed by atoms with Gasteiger partial charge in [0.15, 0.2) is 16.9 Å². The van der Waals surface area contributed by atoms with Crippen molar-refractivity contribution in [2.24, 2.45) is 0 Å². The Kier molecular flexibility index (Phi) is 8.71. The van der Waals surface area contributed by atoms with E-state index in [2.05, 4.69) is 170 Å². The van der Waals surface area contributed by atoms with E-state index in [0.717, 1.165) is 83.4 Å². The van der Waals surface area contributed by atoms with E-state index in [1.165, 1.54) is 49.9 Å². The predicted molar refractivity (Wildman–Crippen MR) is 294 cm³/mol. The van der Waals surface area contributed by atoms with Gasteiger partial charge in [-0.1, -0.05) is 143 Å². The molecular formula is C66H44N4O2. The smallest absolute Gasteiger partial charge is 0.187 e. The number of rotatable bonds is 6. The zero-order chi connectivity index (χ0) is 48.6. The summed E-state index contributed by atoms with van der Waals surface area (Å²) in [4.78, 5) is 8.31. The highest BCUT2D eigenvalue weighted by Crippen LogP contribution is 2.60. The second kappa shape index (κ2) is 15.1. The van der Waals surface area contributed by atoms with Gasteiger partial charge in [-0.25, -0.2) is 4.85 Å². The minimum Gasteiger partial charge on any atom is -0.454 e. The van der Waals surface area contributed by atoms with Crippen molar-refractivity contribution in [3.63, 3.8) is 0 Å². The van der Waals surface area contributed by atoms with Crippen molar-refractivity contribution in [1.82, 2.24) is 0 Å². The van der Waals surface area contributed by atoms with Gasteiger partial charge >= 0.3 is 0 Å². The average Bonchev–Trinajstić information content (AvgIpc) is 4.07. The summed E-state index contributed by atoms with van der Waals surface area (Å²) >= 11 is 0. The van der Waals surface area contributed by atoms with Crippen LogP contribution < -0.4 is 9.80 Å². The molecule has 2 heterocycles. The van der Waals surface area contributed by atoms with Gasteiger partial charge in [0.05, 0.1) is 35.3 Å². The number of hydrogen-bond acceptors (Lipinski definition) is 5. The first-order valence-electron chi connectivity index (χ1n) is 24.4. The molecule has 340 valence electrons. The Morgan fingerprint density at radius 3 is 1.58 bits per heavy atom. The van der Waals surface area contributed by atoms with Gasteiger partial charge in [-0.05, 0) is 129 Å². The number of anilines is 6. The van der Waals surface area contributed by atoms with Crippen LogP contribution in [0.2, 0.25) is 0 Å². The first-order chi connectivity index (χ1) is 35.1. The van der Waals surface area contributed by atoms with Crippen LogP contribution in [0.1, 0.15) is 55.5 Å². The lowest BCUT2D eigenvalue weighted by Gasteiger charge is -2.40. The van der Waals surface area contributed by atoms with Crippen LogP contribution in [0.5, 0.6) is 0 Å². The summed E-state index contributed by atoms with van der Waals surface area (Å²) in [6.45, 7) is 17.3. The van der Waals surface area contributed by atoms with Crippen LogP contribution >= 0.6 is 0 Å². The first-order valence-corrected chi connectivity index (χ1v) is 24.4. The second-order valence-corrected chi connectivity index (χ2v) is 20.2. The van der Waals surface area contributed by atoms with Crippen LogP contribution in [0.3, 0.4) is 0 Å². The maximum atomic E-state index is 9.79. The molecule has 0 amide bonds. The van der Waals surface area contributed by atoms with Crippen LogP contribution in [-0.4, -0.2) is 0 Å². The lowest BCUT2D eigenvalue weighted by molar-refractivity contribution is 0.591. The predicted octanol–water partition coefficient (Wildman–Crippen LogP) is 18.6. The molecule has 2 aliphatic rings. The summed E-state index contributed by atoms with van der Waals surface area (Å²) < 4.78 is 13.4. The summed E-state index contributed by atoms with van der Waals surface area (Å²) in [7, 11) is 0. The van der Waals surface area contributed by atoms with Crippen molar-refractivity contribution in [2.45, 2.75) is 38.5 Å². The lowest BCUT2D eigenvalue weighted by atomic mass is 9.63. The number of benzene rings is 10. The van der Waals surface area contributed by atoms with Gasteiger partial charge in [-0.2, -0.15) is 5.26 Å². The van der Waals surface area contributed by atoms with Gasteiger partial charge in [0.2, 0.25) is 0 Å². The Morgan fingerprint density at radius 2 is 0.944 bits per heavy atom. The Bertz CT molecular complexity index is 4370. The van der Waals surface area contributed by atoms with Gasteiger partial charge < -0.3 is 18.6 Å². The Balaban J connectivity index is 0.941. The fourth-order valence-corrected chi connectivity index (χ4v) is 12.4. The molecule has 6 nitrogen and oxygen atoms in total. The van der Waals surface area contributed by atoms with Crippen LogP contribution in [0.25, 0.3) is 81.7 Å². The summed E-state index contributed by atoms with van der Waals surface area (Å²) in [6.07, 6.45) is 0. The third kappa shape index (κ3) is 5.75. The molecule has 2 aliphatic carbocycles. The van der Waals surface area contributed by atoms with E-state index in [1.54, 1.807) is 0 Å². The van der Waals surface area contributed by atoms with E-state index in [1.807, 2.05) is 72.8 Å². The van der Waals surface area contributed by atoms with E-state index in [0.29, 0.717) is 11.3 Å². The normalized spacial score (nSPS) is 13.8. The van der Waals surface area contributed by atoms with Crippen molar-refractivity contribution in [3.05, 3.63) is 233 Å². The first kappa shape index (κ1) is 41.6. The van der Waals surface area contributed by atoms with E-state index in [-0.39, 0.29) is 10.8 Å². The summed E-state index contributed by atoms with van der Waals surface area (Å²) in [5.74, 6) is 0. The van der Waals surface area contributed by atoms with E-state index in [9.17, 15) is 5.26 Å². The zero-order valence-electron chi connectivity index (χ0n) is 40.1. The molecule has 0 bridgehead atoms. The molecular weight excluding hydrogens is 881 g/mol.